The maximum atomic E-state index is 4.82. The number of benzene rings is 5. The molecule has 0 N–H and O–H groups in total. The van der Waals surface area contributed by atoms with Crippen LogP contribution >= 0.6 is 0 Å². The molecule has 6 aromatic rings. The molecule has 0 amide bonds. The lowest BCUT2D eigenvalue weighted by molar-refractivity contribution is 0.590. The van der Waals surface area contributed by atoms with Gasteiger partial charge in [-0.15, -0.1) is 0 Å². The van der Waals surface area contributed by atoms with Crippen molar-refractivity contribution in [1.82, 2.24) is 9.97 Å². The molecule has 278 valence electrons. The summed E-state index contributed by atoms with van der Waals surface area (Å²) in [7, 11) is 0. The number of hydrogen-bond acceptors (Lipinski definition) is 4. The molecular weight excluding hydrogens is 667 g/mol. The zero-order chi connectivity index (χ0) is 39.2. The average molecular weight is 723 g/mol. The molecule has 5 heteroatoms. The Labute approximate surface area is 329 Å². The summed E-state index contributed by atoms with van der Waals surface area (Å²) < 4.78 is 0. The molecule has 2 aliphatic rings. The SMILES string of the molecule is CC(C)(C)c1ccc(N2c3cc(C(C)(C)C)ccc3B3c4ccc(C(C)(C)C)cc4N(c4ccc(C(C)(C)C)cc4)c4cc(-c5ccncn5)cc2c43)cc1. The van der Waals surface area contributed by atoms with E-state index >= 15 is 0 Å². The molecule has 55 heavy (non-hydrogen) atoms. The molecule has 8 rings (SSSR count). The molecule has 1 aromatic heterocycles. The van der Waals surface area contributed by atoms with Crippen LogP contribution in [-0.4, -0.2) is 16.7 Å². The fourth-order valence-electron chi connectivity index (χ4n) is 8.31. The van der Waals surface area contributed by atoms with Crippen LogP contribution < -0.4 is 26.2 Å². The third kappa shape index (κ3) is 6.46. The van der Waals surface area contributed by atoms with Crippen LogP contribution in [0.3, 0.4) is 0 Å². The minimum Gasteiger partial charge on any atom is -0.311 e. The van der Waals surface area contributed by atoms with Crippen LogP contribution in [0.15, 0.2) is 116 Å². The predicted molar refractivity (Wildman–Crippen MR) is 236 cm³/mol. The minimum absolute atomic E-state index is 0.0207. The molecule has 0 fully saturated rings. The Morgan fingerprint density at radius 2 is 0.836 bits per heavy atom. The largest absolute Gasteiger partial charge is 0.311 e. The lowest BCUT2D eigenvalue weighted by Gasteiger charge is -2.45. The van der Waals surface area contributed by atoms with Gasteiger partial charge < -0.3 is 9.80 Å². The quantitative estimate of drug-likeness (QED) is 0.170. The van der Waals surface area contributed by atoms with E-state index in [0.29, 0.717) is 0 Å². The molecule has 0 aliphatic carbocycles. The van der Waals surface area contributed by atoms with Gasteiger partial charge in [-0.05, 0) is 115 Å². The lowest BCUT2D eigenvalue weighted by Crippen LogP contribution is -2.61. The third-order valence-corrected chi connectivity index (χ3v) is 11.7. The van der Waals surface area contributed by atoms with Gasteiger partial charge in [0, 0.05) is 45.9 Å². The Hall–Kier alpha value is -5.16. The van der Waals surface area contributed by atoms with E-state index in [0.717, 1.165) is 22.6 Å². The van der Waals surface area contributed by atoms with Gasteiger partial charge in [0.2, 0.25) is 0 Å². The first-order chi connectivity index (χ1) is 25.8. The number of rotatable bonds is 3. The van der Waals surface area contributed by atoms with Crippen molar-refractivity contribution < 1.29 is 0 Å². The Morgan fingerprint density at radius 3 is 1.20 bits per heavy atom. The van der Waals surface area contributed by atoms with E-state index in [1.807, 2.05) is 12.3 Å². The van der Waals surface area contributed by atoms with Crippen LogP contribution in [0.2, 0.25) is 0 Å². The number of aromatic nitrogens is 2. The van der Waals surface area contributed by atoms with E-state index in [1.54, 1.807) is 6.33 Å². The second-order valence-corrected chi connectivity index (χ2v) is 19.8. The van der Waals surface area contributed by atoms with Gasteiger partial charge in [0.15, 0.2) is 0 Å². The highest BCUT2D eigenvalue weighted by Gasteiger charge is 2.44. The van der Waals surface area contributed by atoms with E-state index in [2.05, 4.69) is 195 Å². The van der Waals surface area contributed by atoms with Crippen molar-refractivity contribution in [2.75, 3.05) is 9.80 Å². The van der Waals surface area contributed by atoms with Gasteiger partial charge in [-0.1, -0.05) is 132 Å². The van der Waals surface area contributed by atoms with Gasteiger partial charge in [-0.3, -0.25) is 0 Å². The molecule has 3 heterocycles. The highest BCUT2D eigenvalue weighted by atomic mass is 15.2. The molecule has 2 aliphatic heterocycles. The summed E-state index contributed by atoms with van der Waals surface area (Å²) in [5.41, 5.74) is 18.4. The highest BCUT2D eigenvalue weighted by molar-refractivity contribution is 7.00. The molecule has 0 radical (unpaired) electrons. The highest BCUT2D eigenvalue weighted by Crippen LogP contribution is 2.47. The fraction of sp³-hybridized carbons (Fsp3) is 0.320. The van der Waals surface area contributed by atoms with Crippen LogP contribution in [0.1, 0.15) is 105 Å². The van der Waals surface area contributed by atoms with Crippen LogP contribution in [0.4, 0.5) is 34.1 Å². The smallest absolute Gasteiger partial charge is 0.252 e. The number of nitrogens with zero attached hydrogens (tertiary/aromatic N) is 4. The van der Waals surface area contributed by atoms with Gasteiger partial charge >= 0.3 is 0 Å². The van der Waals surface area contributed by atoms with Gasteiger partial charge in [0.25, 0.3) is 6.71 Å². The van der Waals surface area contributed by atoms with Gasteiger partial charge in [0.1, 0.15) is 6.33 Å². The summed E-state index contributed by atoms with van der Waals surface area (Å²) >= 11 is 0. The van der Waals surface area contributed by atoms with Crippen molar-refractivity contribution in [3.8, 4) is 11.3 Å². The summed E-state index contributed by atoms with van der Waals surface area (Å²) in [6.07, 6.45) is 3.50. The first-order valence-corrected chi connectivity index (χ1v) is 19.9. The Bertz CT molecular complexity index is 2250. The van der Waals surface area contributed by atoms with Crippen molar-refractivity contribution in [3.63, 3.8) is 0 Å². The number of anilines is 6. The average Bonchev–Trinajstić information content (AvgIpc) is 3.13. The minimum atomic E-state index is -0.0207. The predicted octanol–water partition coefficient (Wildman–Crippen LogP) is 11.4. The maximum absolute atomic E-state index is 4.82. The molecule has 0 bridgehead atoms. The van der Waals surface area contributed by atoms with Gasteiger partial charge in [-0.25, -0.2) is 9.97 Å². The zero-order valence-electron chi connectivity index (χ0n) is 34.8. The third-order valence-electron chi connectivity index (χ3n) is 11.7. The van der Waals surface area contributed by atoms with E-state index < -0.39 is 0 Å². The van der Waals surface area contributed by atoms with E-state index in [-0.39, 0.29) is 28.4 Å². The number of fused-ring (bicyclic) bond motifs is 4. The van der Waals surface area contributed by atoms with E-state index in [9.17, 15) is 0 Å². The Kier molecular flexibility index (Phi) is 8.50. The summed E-state index contributed by atoms with van der Waals surface area (Å²) in [5.74, 6) is 0. The lowest BCUT2D eigenvalue weighted by atomic mass is 9.33. The van der Waals surface area contributed by atoms with Crippen molar-refractivity contribution in [1.29, 1.82) is 0 Å². The van der Waals surface area contributed by atoms with E-state index in [4.69, 9.17) is 4.98 Å². The van der Waals surface area contributed by atoms with Gasteiger partial charge in [-0.2, -0.15) is 0 Å². The Balaban J connectivity index is 1.49. The molecular formula is C50H55BN4. The van der Waals surface area contributed by atoms with E-state index in [1.165, 1.54) is 61.4 Å². The second-order valence-electron chi connectivity index (χ2n) is 19.8. The van der Waals surface area contributed by atoms with Crippen LogP contribution in [0.5, 0.6) is 0 Å². The summed E-state index contributed by atoms with van der Waals surface area (Å²) in [4.78, 5) is 14.2. The number of hydrogen-bond donors (Lipinski definition) is 0. The van der Waals surface area contributed by atoms with Crippen molar-refractivity contribution in [3.05, 3.63) is 138 Å². The summed E-state index contributed by atoms with van der Waals surface area (Å²) in [6, 6.07) is 39.7. The monoisotopic (exact) mass is 722 g/mol. The zero-order valence-corrected chi connectivity index (χ0v) is 34.8. The molecule has 0 spiro atoms. The van der Waals surface area contributed by atoms with Crippen molar-refractivity contribution in [2.45, 2.75) is 105 Å². The fourth-order valence-corrected chi connectivity index (χ4v) is 8.31. The molecule has 0 atom stereocenters. The molecule has 0 saturated carbocycles. The maximum Gasteiger partial charge on any atom is 0.252 e. The second kappa shape index (κ2) is 12.7. The summed E-state index contributed by atoms with van der Waals surface area (Å²) in [5, 5.41) is 0. The first-order valence-electron chi connectivity index (χ1n) is 19.9. The molecule has 4 nitrogen and oxygen atoms in total. The van der Waals surface area contributed by atoms with Crippen molar-refractivity contribution >= 4 is 57.2 Å². The first kappa shape index (κ1) is 36.8. The Morgan fingerprint density at radius 1 is 0.436 bits per heavy atom. The molecule has 0 unspecified atom stereocenters. The van der Waals surface area contributed by atoms with Crippen molar-refractivity contribution in [2.24, 2.45) is 0 Å². The van der Waals surface area contributed by atoms with Crippen LogP contribution in [0, 0.1) is 0 Å². The summed E-state index contributed by atoms with van der Waals surface area (Å²) in [6.45, 7) is 27.6. The van der Waals surface area contributed by atoms with Crippen LogP contribution in [-0.2, 0) is 21.7 Å². The topological polar surface area (TPSA) is 32.3 Å². The molecule has 5 aromatic carbocycles. The van der Waals surface area contributed by atoms with Gasteiger partial charge in [0.05, 0.1) is 5.69 Å². The van der Waals surface area contributed by atoms with Crippen LogP contribution in [0.25, 0.3) is 11.3 Å². The molecule has 0 saturated heterocycles. The standard InChI is InChI=1S/C50H55BN4/c1-47(2,3)33-13-19-37(20-14-33)54-42-29-35(49(7,8)9)17-23-39(42)51-40-24-18-36(50(10,11)12)30-43(40)55(38-21-15-34(16-22-38)48(4,5)6)45-28-32(27-44(54)46(45)51)41-25-26-52-31-53-41/h13-31H,1-12H3. The normalized spacial score (nSPS) is 14.1.